The Morgan fingerprint density at radius 2 is 2.04 bits per heavy atom. The molecule has 2 aliphatic rings. The maximum Gasteiger partial charge on any atom is 0.0956 e. The highest BCUT2D eigenvalue weighted by Crippen LogP contribution is 2.49. The van der Waals surface area contributed by atoms with E-state index in [4.69, 9.17) is 0 Å². The van der Waals surface area contributed by atoms with Crippen LogP contribution in [0.2, 0.25) is 0 Å². The van der Waals surface area contributed by atoms with Gasteiger partial charge in [-0.05, 0) is 18.4 Å². The molecule has 0 saturated heterocycles. The van der Waals surface area contributed by atoms with E-state index in [1.165, 1.54) is 11.1 Å². The van der Waals surface area contributed by atoms with Gasteiger partial charge in [0.1, 0.15) is 0 Å². The number of aryl methyl sites for hydroxylation is 1. The molecule has 5 heteroatoms. The van der Waals surface area contributed by atoms with Crippen molar-refractivity contribution in [1.29, 1.82) is 0 Å². The van der Waals surface area contributed by atoms with Gasteiger partial charge in [-0.25, -0.2) is 4.98 Å². The third-order valence-corrected chi connectivity index (χ3v) is 5.46. The van der Waals surface area contributed by atoms with Crippen LogP contribution in [0.4, 0.5) is 0 Å². The Hall–Kier alpha value is -2.40. The number of aliphatic hydroxyl groups is 1. The summed E-state index contributed by atoms with van der Waals surface area (Å²) in [6.07, 6.45) is 7.05. The number of hydrogen-bond acceptors (Lipinski definition) is 3. The summed E-state index contributed by atoms with van der Waals surface area (Å²) in [6, 6.07) is 8.62. The van der Waals surface area contributed by atoms with E-state index in [2.05, 4.69) is 38.9 Å². The molecule has 5 nitrogen and oxygen atoms in total. The van der Waals surface area contributed by atoms with Crippen LogP contribution in [0.5, 0.6) is 0 Å². The van der Waals surface area contributed by atoms with E-state index in [-0.39, 0.29) is 12.0 Å². The van der Waals surface area contributed by atoms with E-state index in [0.717, 1.165) is 29.8 Å². The summed E-state index contributed by atoms with van der Waals surface area (Å²) in [5.74, 6) is 0.142. The van der Waals surface area contributed by atoms with Crippen molar-refractivity contribution in [3.63, 3.8) is 0 Å². The first kappa shape index (κ1) is 13.1. The molecule has 116 valence electrons. The highest BCUT2D eigenvalue weighted by Gasteiger charge is 2.41. The Labute approximate surface area is 134 Å². The molecule has 1 N–H and O–H groups in total. The molecule has 0 unspecified atom stereocenters. The third-order valence-electron chi connectivity index (χ3n) is 5.46. The van der Waals surface area contributed by atoms with Crippen molar-refractivity contribution in [2.45, 2.75) is 25.0 Å². The van der Waals surface area contributed by atoms with Crippen LogP contribution in [0.3, 0.4) is 0 Å². The Morgan fingerprint density at radius 3 is 2.96 bits per heavy atom. The monoisotopic (exact) mass is 306 g/mol. The lowest BCUT2D eigenvalue weighted by atomic mass is 9.78. The van der Waals surface area contributed by atoms with Crippen molar-refractivity contribution in [1.82, 2.24) is 19.3 Å². The minimum Gasteiger partial charge on any atom is -0.388 e. The van der Waals surface area contributed by atoms with Gasteiger partial charge in [-0.2, -0.15) is 5.10 Å². The summed E-state index contributed by atoms with van der Waals surface area (Å²) in [7, 11) is 1.95. The number of nitrogens with zero attached hydrogens (tertiary/aromatic N) is 4. The van der Waals surface area contributed by atoms with Crippen LogP contribution in [0.25, 0.3) is 11.3 Å². The molecule has 1 aliphatic heterocycles. The van der Waals surface area contributed by atoms with E-state index in [9.17, 15) is 5.11 Å². The second-order valence-electron chi connectivity index (χ2n) is 6.54. The van der Waals surface area contributed by atoms with Crippen molar-refractivity contribution >= 4 is 0 Å². The Kier molecular flexibility index (Phi) is 2.59. The SMILES string of the molecule is Cn1ncc2c1CC[C@H]([C@H]1c3ccccc3-c3cncn31)[C@@H]2O. The minimum absolute atomic E-state index is 0.142. The summed E-state index contributed by atoms with van der Waals surface area (Å²) < 4.78 is 4.11. The van der Waals surface area contributed by atoms with Crippen LogP contribution in [-0.4, -0.2) is 24.4 Å². The first-order valence-electron chi connectivity index (χ1n) is 8.05. The van der Waals surface area contributed by atoms with Crippen molar-refractivity contribution in [3.05, 3.63) is 59.8 Å². The number of imidazole rings is 1. The van der Waals surface area contributed by atoms with Gasteiger partial charge >= 0.3 is 0 Å². The van der Waals surface area contributed by atoms with Crippen LogP contribution in [0.15, 0.2) is 43.0 Å². The number of rotatable bonds is 1. The zero-order chi connectivity index (χ0) is 15.6. The van der Waals surface area contributed by atoms with Crippen LogP contribution in [0, 0.1) is 5.92 Å². The molecule has 0 fully saturated rings. The summed E-state index contributed by atoms with van der Waals surface area (Å²) in [5.41, 5.74) is 5.82. The number of aliphatic hydroxyl groups excluding tert-OH is 1. The number of fused-ring (bicyclic) bond motifs is 4. The maximum absolute atomic E-state index is 11.0. The molecule has 3 heterocycles. The predicted molar refractivity (Wildman–Crippen MR) is 85.8 cm³/mol. The number of hydrogen-bond donors (Lipinski definition) is 1. The fraction of sp³-hybridized carbons (Fsp3) is 0.333. The molecule has 0 bridgehead atoms. The molecule has 3 atom stereocenters. The topological polar surface area (TPSA) is 55.9 Å². The van der Waals surface area contributed by atoms with Crippen LogP contribution in [0.1, 0.15) is 35.4 Å². The lowest BCUT2D eigenvalue weighted by Gasteiger charge is -2.33. The van der Waals surface area contributed by atoms with Gasteiger partial charge in [-0.1, -0.05) is 24.3 Å². The third kappa shape index (κ3) is 1.65. The molecule has 23 heavy (non-hydrogen) atoms. The Bertz CT molecular complexity index is 894. The van der Waals surface area contributed by atoms with Gasteiger partial charge in [0.15, 0.2) is 0 Å². The molecule has 5 rings (SSSR count). The lowest BCUT2D eigenvalue weighted by Crippen LogP contribution is -2.28. The van der Waals surface area contributed by atoms with Crippen molar-refractivity contribution in [2.75, 3.05) is 0 Å². The quantitative estimate of drug-likeness (QED) is 0.751. The van der Waals surface area contributed by atoms with Gasteiger partial charge in [0.05, 0.1) is 36.6 Å². The van der Waals surface area contributed by atoms with Crippen molar-refractivity contribution in [3.8, 4) is 11.3 Å². The lowest BCUT2D eigenvalue weighted by molar-refractivity contribution is 0.0713. The Morgan fingerprint density at radius 1 is 1.17 bits per heavy atom. The zero-order valence-electron chi connectivity index (χ0n) is 12.9. The molecule has 0 spiro atoms. The highest BCUT2D eigenvalue weighted by molar-refractivity contribution is 5.69. The van der Waals surface area contributed by atoms with Gasteiger partial charge < -0.3 is 9.67 Å². The number of benzene rings is 1. The standard InChI is InChI=1S/C18H18N4O/c1-21-15-7-6-13(18(23)14(15)8-20-21)17-12-5-3-2-4-11(12)16-9-19-10-22(16)17/h2-5,8-10,13,17-18,23H,6-7H2,1H3/t13-,17-,18+/m1/s1. The number of aromatic nitrogens is 4. The predicted octanol–water partition coefficient (Wildman–Crippen LogP) is 2.48. The fourth-order valence-electron chi connectivity index (χ4n) is 4.37. The van der Waals surface area contributed by atoms with E-state index in [1.54, 1.807) is 0 Å². The fourth-order valence-corrected chi connectivity index (χ4v) is 4.37. The van der Waals surface area contributed by atoms with E-state index in [0.29, 0.717) is 0 Å². The van der Waals surface area contributed by atoms with Crippen LogP contribution < -0.4 is 0 Å². The second kappa shape index (κ2) is 4.55. The van der Waals surface area contributed by atoms with Crippen molar-refractivity contribution in [2.24, 2.45) is 13.0 Å². The largest absolute Gasteiger partial charge is 0.388 e. The van der Waals surface area contributed by atoms with Gasteiger partial charge in [-0.3, -0.25) is 4.68 Å². The first-order chi connectivity index (χ1) is 11.3. The van der Waals surface area contributed by atoms with Crippen molar-refractivity contribution < 1.29 is 5.11 Å². The molecular weight excluding hydrogens is 288 g/mol. The summed E-state index contributed by atoms with van der Waals surface area (Å²) in [4.78, 5) is 4.33. The Balaban J connectivity index is 1.63. The molecular formula is C18H18N4O. The molecule has 2 aromatic heterocycles. The molecule has 3 aromatic rings. The van der Waals surface area contributed by atoms with E-state index >= 15 is 0 Å². The van der Waals surface area contributed by atoms with Crippen LogP contribution >= 0.6 is 0 Å². The summed E-state index contributed by atoms with van der Waals surface area (Å²) in [6.45, 7) is 0. The highest BCUT2D eigenvalue weighted by atomic mass is 16.3. The average molecular weight is 306 g/mol. The van der Waals surface area contributed by atoms with Crippen LogP contribution in [-0.2, 0) is 13.5 Å². The summed E-state index contributed by atoms with van der Waals surface area (Å²) in [5, 5.41) is 15.3. The molecule has 0 radical (unpaired) electrons. The molecule has 0 amide bonds. The smallest absolute Gasteiger partial charge is 0.0956 e. The average Bonchev–Trinajstić information content (AvgIpc) is 3.24. The molecule has 0 saturated carbocycles. The molecule has 1 aromatic carbocycles. The summed E-state index contributed by atoms with van der Waals surface area (Å²) >= 11 is 0. The normalized spacial score (nSPS) is 25.0. The molecule has 1 aliphatic carbocycles. The van der Waals surface area contributed by atoms with Gasteiger partial charge in [0, 0.05) is 29.8 Å². The first-order valence-corrected chi connectivity index (χ1v) is 8.05. The minimum atomic E-state index is -0.487. The van der Waals surface area contributed by atoms with Gasteiger partial charge in [0.25, 0.3) is 0 Å². The van der Waals surface area contributed by atoms with E-state index in [1.807, 2.05) is 30.5 Å². The van der Waals surface area contributed by atoms with Gasteiger partial charge in [-0.15, -0.1) is 0 Å². The van der Waals surface area contributed by atoms with Gasteiger partial charge in [0.2, 0.25) is 0 Å². The zero-order valence-corrected chi connectivity index (χ0v) is 12.9. The second-order valence-corrected chi connectivity index (χ2v) is 6.54. The van der Waals surface area contributed by atoms with E-state index < -0.39 is 6.10 Å². The maximum atomic E-state index is 11.0.